The topological polar surface area (TPSA) is 50.2 Å². The van der Waals surface area contributed by atoms with Gasteiger partial charge in [-0.15, -0.1) is 11.3 Å². The van der Waals surface area contributed by atoms with Crippen LogP contribution in [0, 0.1) is 6.92 Å². The molecule has 0 amide bonds. The minimum absolute atomic E-state index is 0.368. The van der Waals surface area contributed by atoms with Gasteiger partial charge in [-0.25, -0.2) is 9.78 Å². The van der Waals surface area contributed by atoms with Crippen LogP contribution in [0.4, 0.5) is 0 Å². The smallest absolute Gasteiger partial charge is 0.347 e. The fourth-order valence-corrected chi connectivity index (χ4v) is 4.35. The Labute approximate surface area is 115 Å². The van der Waals surface area contributed by atoms with E-state index < -0.39 is 5.97 Å². The molecule has 1 aliphatic rings. The van der Waals surface area contributed by atoms with Crippen molar-refractivity contribution < 1.29 is 9.90 Å². The summed E-state index contributed by atoms with van der Waals surface area (Å²) < 4.78 is 0.875. The highest BCUT2D eigenvalue weighted by molar-refractivity contribution is 8.01. The lowest BCUT2D eigenvalue weighted by atomic mass is 10.1. The van der Waals surface area contributed by atoms with Crippen molar-refractivity contribution in [1.82, 2.24) is 4.98 Å². The molecule has 98 valence electrons. The molecule has 0 spiro atoms. The van der Waals surface area contributed by atoms with Gasteiger partial charge in [0.15, 0.2) is 4.34 Å². The summed E-state index contributed by atoms with van der Waals surface area (Å²) in [5.41, 5.74) is 0.629. The van der Waals surface area contributed by atoms with Crippen LogP contribution in [0.3, 0.4) is 0 Å². The Bertz CT molecular complexity index is 454. The van der Waals surface area contributed by atoms with E-state index in [4.69, 9.17) is 5.11 Å². The van der Waals surface area contributed by atoms with Crippen LogP contribution in [0.15, 0.2) is 16.5 Å². The Morgan fingerprint density at radius 1 is 1.50 bits per heavy atom. The van der Waals surface area contributed by atoms with E-state index in [-0.39, 0.29) is 0 Å². The quantitative estimate of drug-likeness (QED) is 0.847. The molecule has 0 saturated carbocycles. The van der Waals surface area contributed by atoms with Gasteiger partial charge in [0, 0.05) is 5.25 Å². The number of thiazole rings is 1. The molecule has 0 bridgehead atoms. The van der Waals surface area contributed by atoms with E-state index in [0.29, 0.717) is 15.8 Å². The lowest BCUT2D eigenvalue weighted by Gasteiger charge is -2.12. The second kappa shape index (κ2) is 6.38. The third-order valence-corrected chi connectivity index (χ3v) is 5.40. The van der Waals surface area contributed by atoms with Crippen molar-refractivity contribution >= 4 is 29.1 Å². The lowest BCUT2D eigenvalue weighted by Crippen LogP contribution is -2.00. The maximum absolute atomic E-state index is 11.0. The second-order valence-corrected chi connectivity index (χ2v) is 6.91. The summed E-state index contributed by atoms with van der Waals surface area (Å²) in [4.78, 5) is 15.7. The standard InChI is InChI=1S/C13H17NO2S2/c1-9-11(12(15)16)18-13(14-9)17-10-7-5-3-2-4-6-8-10/h5,7,10H,2-4,6,8H2,1H3,(H,15,16)/b7-5+. The molecule has 1 aromatic heterocycles. The number of nitrogens with zero attached hydrogens (tertiary/aromatic N) is 1. The average Bonchev–Trinajstić information content (AvgIpc) is 2.63. The van der Waals surface area contributed by atoms with Gasteiger partial charge >= 0.3 is 5.97 Å². The van der Waals surface area contributed by atoms with Crippen molar-refractivity contribution in [3.05, 3.63) is 22.7 Å². The second-order valence-electron chi connectivity index (χ2n) is 4.42. The van der Waals surface area contributed by atoms with Crippen LogP contribution in [0.5, 0.6) is 0 Å². The number of hydrogen-bond donors (Lipinski definition) is 1. The molecule has 1 aromatic rings. The molecule has 0 aromatic carbocycles. The zero-order valence-corrected chi connectivity index (χ0v) is 12.0. The van der Waals surface area contributed by atoms with E-state index in [1.54, 1.807) is 18.7 Å². The Morgan fingerprint density at radius 2 is 2.33 bits per heavy atom. The van der Waals surface area contributed by atoms with Gasteiger partial charge in [-0.05, 0) is 26.2 Å². The minimum Gasteiger partial charge on any atom is -0.477 e. The van der Waals surface area contributed by atoms with Crippen LogP contribution < -0.4 is 0 Å². The number of thioether (sulfide) groups is 1. The van der Waals surface area contributed by atoms with E-state index >= 15 is 0 Å². The summed E-state index contributed by atoms with van der Waals surface area (Å²) in [6.45, 7) is 1.76. The number of carbonyl (C=O) groups is 1. The first-order chi connectivity index (χ1) is 8.66. The fourth-order valence-electron chi connectivity index (χ4n) is 1.98. The maximum atomic E-state index is 11.0. The number of hydrogen-bond acceptors (Lipinski definition) is 4. The van der Waals surface area contributed by atoms with Gasteiger partial charge in [-0.3, -0.25) is 0 Å². The average molecular weight is 283 g/mol. The largest absolute Gasteiger partial charge is 0.477 e. The molecule has 1 N–H and O–H groups in total. The van der Waals surface area contributed by atoms with Gasteiger partial charge in [-0.1, -0.05) is 36.8 Å². The Balaban J connectivity index is 2.05. The molecule has 1 aliphatic carbocycles. The summed E-state index contributed by atoms with van der Waals surface area (Å²) in [5.74, 6) is -0.870. The maximum Gasteiger partial charge on any atom is 0.347 e. The molecule has 0 saturated heterocycles. The number of aromatic nitrogens is 1. The molecule has 0 radical (unpaired) electrons. The van der Waals surface area contributed by atoms with Crippen LogP contribution in [-0.2, 0) is 0 Å². The number of aryl methyl sites for hydroxylation is 1. The van der Waals surface area contributed by atoms with Crippen molar-refractivity contribution in [2.45, 2.75) is 48.6 Å². The monoisotopic (exact) mass is 283 g/mol. The van der Waals surface area contributed by atoms with Crippen LogP contribution in [0.25, 0.3) is 0 Å². The molecule has 3 nitrogen and oxygen atoms in total. The summed E-state index contributed by atoms with van der Waals surface area (Å²) in [7, 11) is 0. The van der Waals surface area contributed by atoms with E-state index in [9.17, 15) is 4.79 Å². The van der Waals surface area contributed by atoms with Crippen molar-refractivity contribution in [2.24, 2.45) is 0 Å². The van der Waals surface area contributed by atoms with Gasteiger partial charge in [0.05, 0.1) is 5.69 Å². The molecule has 5 heteroatoms. The molecule has 1 heterocycles. The van der Waals surface area contributed by atoms with Crippen LogP contribution in [-0.4, -0.2) is 21.3 Å². The molecule has 1 atom stereocenters. The van der Waals surface area contributed by atoms with Gasteiger partial charge < -0.3 is 5.11 Å². The first kappa shape index (κ1) is 13.6. The first-order valence-corrected chi connectivity index (χ1v) is 7.90. The van der Waals surface area contributed by atoms with Gasteiger partial charge in [0.25, 0.3) is 0 Å². The van der Waals surface area contributed by atoms with Crippen LogP contribution in [0.2, 0.25) is 0 Å². The first-order valence-electron chi connectivity index (χ1n) is 6.21. The number of carboxylic acid groups (broad SMARTS) is 1. The summed E-state index contributed by atoms with van der Waals surface area (Å²) >= 11 is 2.99. The molecule has 0 fully saturated rings. The molecule has 1 unspecified atom stereocenters. The predicted octanol–water partition coefficient (Wildman–Crippen LogP) is 4.13. The van der Waals surface area contributed by atoms with E-state index in [1.807, 2.05) is 0 Å². The molecular weight excluding hydrogens is 266 g/mol. The van der Waals surface area contributed by atoms with E-state index in [1.165, 1.54) is 30.6 Å². The molecule has 0 aliphatic heterocycles. The Kier molecular flexibility index (Phi) is 4.83. The summed E-state index contributed by atoms with van der Waals surface area (Å²) in [6.07, 6.45) is 10.6. The lowest BCUT2D eigenvalue weighted by molar-refractivity contribution is 0.0701. The zero-order chi connectivity index (χ0) is 13.0. The number of rotatable bonds is 3. The summed E-state index contributed by atoms with van der Waals surface area (Å²) in [6, 6.07) is 0. The summed E-state index contributed by atoms with van der Waals surface area (Å²) in [5, 5.41) is 9.46. The van der Waals surface area contributed by atoms with Crippen LogP contribution in [0.1, 0.15) is 47.5 Å². The van der Waals surface area contributed by atoms with Crippen LogP contribution >= 0.6 is 23.1 Å². The molecule has 2 rings (SSSR count). The number of carboxylic acids is 1. The third kappa shape index (κ3) is 3.59. The fraction of sp³-hybridized carbons (Fsp3) is 0.538. The van der Waals surface area contributed by atoms with Crippen molar-refractivity contribution in [3.8, 4) is 0 Å². The Morgan fingerprint density at radius 3 is 3.06 bits per heavy atom. The highest BCUT2D eigenvalue weighted by Crippen LogP contribution is 2.33. The number of allylic oxidation sites excluding steroid dienone is 1. The molecular formula is C13H17NO2S2. The third-order valence-electron chi connectivity index (χ3n) is 2.93. The van der Waals surface area contributed by atoms with Crippen molar-refractivity contribution in [1.29, 1.82) is 0 Å². The number of aromatic carboxylic acids is 1. The SMILES string of the molecule is Cc1nc(SC2/C=C/CCCCC2)sc1C(=O)O. The van der Waals surface area contributed by atoms with Crippen molar-refractivity contribution in [2.75, 3.05) is 0 Å². The zero-order valence-electron chi connectivity index (χ0n) is 10.4. The Hall–Kier alpha value is -0.810. The van der Waals surface area contributed by atoms with Gasteiger partial charge in [-0.2, -0.15) is 0 Å². The highest BCUT2D eigenvalue weighted by atomic mass is 32.2. The van der Waals surface area contributed by atoms with Crippen molar-refractivity contribution in [3.63, 3.8) is 0 Å². The molecule has 18 heavy (non-hydrogen) atoms. The highest BCUT2D eigenvalue weighted by Gasteiger charge is 2.17. The van der Waals surface area contributed by atoms with E-state index in [2.05, 4.69) is 17.1 Å². The predicted molar refractivity (Wildman–Crippen MR) is 75.7 cm³/mol. The van der Waals surface area contributed by atoms with E-state index in [0.717, 1.165) is 17.2 Å². The normalized spacial score (nSPS) is 22.2. The van der Waals surface area contributed by atoms with Gasteiger partial charge in [0.1, 0.15) is 4.88 Å². The minimum atomic E-state index is -0.870. The van der Waals surface area contributed by atoms with Gasteiger partial charge in [0.2, 0.25) is 0 Å².